The Morgan fingerprint density at radius 3 is 1.98 bits per heavy atom. The Bertz CT molecular complexity index is 2550. The molecular formula is C43H33Cl2F6N3O8. The van der Waals surface area contributed by atoms with Gasteiger partial charge in [0.25, 0.3) is 11.8 Å². The first-order valence-electron chi connectivity index (χ1n) is 18.8. The second-order valence-corrected chi connectivity index (χ2v) is 16.1. The van der Waals surface area contributed by atoms with Gasteiger partial charge in [-0.2, -0.15) is 31.4 Å². The summed E-state index contributed by atoms with van der Waals surface area (Å²) in [6.45, 7) is 0. The number of nitrogens with one attached hydrogen (secondary N) is 1. The zero-order valence-electron chi connectivity index (χ0n) is 32.5. The van der Waals surface area contributed by atoms with Crippen LogP contribution in [0, 0.1) is 23.7 Å². The van der Waals surface area contributed by atoms with Crippen molar-refractivity contribution >= 4 is 58.2 Å². The summed E-state index contributed by atoms with van der Waals surface area (Å²) < 4.78 is 101. The minimum absolute atomic E-state index is 0.00587. The number of phenols is 1. The van der Waals surface area contributed by atoms with E-state index < -0.39 is 93.5 Å². The molecule has 11 nitrogen and oxygen atoms in total. The van der Waals surface area contributed by atoms with E-state index in [1.807, 2.05) is 0 Å². The molecule has 19 heteroatoms. The SMILES string of the molecule is COc1ccc([C@@]23C(=O)N(Nc4ccc(Cl)cc4Cl)C(=O)[C@@H]2C[C@@H]2C(=CC[C@@H]4C(=O)N(c5cc(C(F)(F)F)cc(C(F)(F)F)c5)C(=O)[C@@H]42)[C@@H]3c2c(O)cc(OC)cc2OC)cc1. The molecule has 2 N–H and O–H groups in total. The maximum Gasteiger partial charge on any atom is 0.416 e. The second-order valence-electron chi connectivity index (χ2n) is 15.3. The number of methoxy groups -OCH3 is 3. The zero-order valence-corrected chi connectivity index (χ0v) is 34.0. The monoisotopic (exact) mass is 903 g/mol. The number of hydrogen-bond acceptors (Lipinski definition) is 9. The van der Waals surface area contributed by atoms with Gasteiger partial charge in [0, 0.05) is 28.6 Å². The highest BCUT2D eigenvalue weighted by molar-refractivity contribution is 6.36. The lowest BCUT2D eigenvalue weighted by atomic mass is 9.49. The fraction of sp³-hybridized carbons (Fsp3) is 0.302. The van der Waals surface area contributed by atoms with Crippen LogP contribution in [-0.2, 0) is 36.9 Å². The smallest absolute Gasteiger partial charge is 0.416 e. The second kappa shape index (κ2) is 15.1. The van der Waals surface area contributed by atoms with Crippen molar-refractivity contribution in [1.82, 2.24) is 5.01 Å². The summed E-state index contributed by atoms with van der Waals surface area (Å²) in [4.78, 5) is 59.8. The molecule has 4 amide bonds. The van der Waals surface area contributed by atoms with Crippen LogP contribution in [0.2, 0.25) is 10.0 Å². The average Bonchev–Trinajstić information content (AvgIpc) is 3.61. The summed E-state index contributed by atoms with van der Waals surface area (Å²) in [5, 5.41) is 13.0. The number of nitrogens with zero attached hydrogens (tertiary/aromatic N) is 2. The van der Waals surface area contributed by atoms with Crippen molar-refractivity contribution in [2.75, 3.05) is 31.7 Å². The molecule has 0 radical (unpaired) electrons. The molecular weight excluding hydrogens is 871 g/mol. The molecule has 2 saturated heterocycles. The zero-order chi connectivity index (χ0) is 44.8. The fourth-order valence-corrected chi connectivity index (χ4v) is 10.1. The molecule has 0 spiro atoms. The first kappa shape index (κ1) is 42.7. The number of hydrogen-bond donors (Lipinski definition) is 2. The van der Waals surface area contributed by atoms with E-state index >= 15 is 9.59 Å². The quantitative estimate of drug-likeness (QED) is 0.101. The van der Waals surface area contributed by atoms with E-state index in [0.717, 1.165) is 5.01 Å². The molecule has 62 heavy (non-hydrogen) atoms. The van der Waals surface area contributed by atoms with Gasteiger partial charge in [0.05, 0.1) is 72.0 Å². The lowest BCUT2D eigenvalue weighted by Gasteiger charge is -2.50. The highest BCUT2D eigenvalue weighted by atomic mass is 35.5. The van der Waals surface area contributed by atoms with Gasteiger partial charge in [-0.05, 0) is 72.9 Å². The third-order valence-electron chi connectivity index (χ3n) is 12.2. The van der Waals surface area contributed by atoms with Crippen LogP contribution in [0.25, 0.3) is 0 Å². The van der Waals surface area contributed by atoms with E-state index in [4.69, 9.17) is 37.4 Å². The van der Waals surface area contributed by atoms with Crippen molar-refractivity contribution in [3.05, 3.63) is 117 Å². The van der Waals surface area contributed by atoms with Crippen molar-refractivity contribution in [1.29, 1.82) is 0 Å². The molecule has 8 rings (SSSR count). The van der Waals surface area contributed by atoms with Crippen LogP contribution in [0.4, 0.5) is 37.7 Å². The number of amides is 4. The number of carbonyl (C=O) groups excluding carboxylic acids is 4. The number of allylic oxidation sites excluding steroid dienone is 2. The van der Waals surface area contributed by atoms with Crippen molar-refractivity contribution in [2.24, 2.45) is 23.7 Å². The number of anilines is 2. The molecule has 6 atom stereocenters. The Balaban J connectivity index is 1.35. The predicted molar refractivity (Wildman–Crippen MR) is 211 cm³/mol. The van der Waals surface area contributed by atoms with E-state index in [1.54, 1.807) is 30.3 Å². The van der Waals surface area contributed by atoms with Crippen molar-refractivity contribution in [3.8, 4) is 23.0 Å². The third-order valence-corrected chi connectivity index (χ3v) is 12.8. The Morgan fingerprint density at radius 2 is 1.40 bits per heavy atom. The Labute approximate surface area is 358 Å². The van der Waals surface area contributed by atoms with Gasteiger partial charge < -0.3 is 19.3 Å². The van der Waals surface area contributed by atoms with Gasteiger partial charge in [0.1, 0.15) is 23.0 Å². The third kappa shape index (κ3) is 6.58. The van der Waals surface area contributed by atoms with Crippen LogP contribution < -0.4 is 24.5 Å². The van der Waals surface area contributed by atoms with Gasteiger partial charge in [-0.15, -0.1) is 0 Å². The summed E-state index contributed by atoms with van der Waals surface area (Å²) in [7, 11) is 4.05. The lowest BCUT2D eigenvalue weighted by Crippen LogP contribution is -2.53. The topological polar surface area (TPSA) is 135 Å². The van der Waals surface area contributed by atoms with Crippen LogP contribution in [0.1, 0.15) is 41.0 Å². The maximum absolute atomic E-state index is 15.6. The Kier molecular flexibility index (Phi) is 10.4. The number of benzene rings is 4. The lowest BCUT2D eigenvalue weighted by molar-refractivity contribution is -0.143. The molecule has 4 aromatic carbocycles. The first-order chi connectivity index (χ1) is 29.3. The molecule has 2 aliphatic carbocycles. The average molecular weight is 905 g/mol. The van der Waals surface area contributed by atoms with Gasteiger partial charge >= 0.3 is 12.4 Å². The predicted octanol–water partition coefficient (Wildman–Crippen LogP) is 8.95. The molecule has 3 fully saturated rings. The normalized spacial score (nSPS) is 24.7. The van der Waals surface area contributed by atoms with Crippen LogP contribution >= 0.6 is 23.2 Å². The Morgan fingerprint density at radius 1 is 0.758 bits per heavy atom. The largest absolute Gasteiger partial charge is 0.507 e. The number of rotatable bonds is 8. The fourth-order valence-electron chi connectivity index (χ4n) is 9.64. The molecule has 0 unspecified atom stereocenters. The van der Waals surface area contributed by atoms with Gasteiger partial charge in [0.15, 0.2) is 0 Å². The number of imide groups is 2. The summed E-state index contributed by atoms with van der Waals surface area (Å²) in [6, 6.07) is 13.7. The van der Waals surface area contributed by atoms with Crippen LogP contribution in [0.5, 0.6) is 23.0 Å². The summed E-state index contributed by atoms with van der Waals surface area (Å²) in [6.07, 6.45) is -9.57. The molecule has 4 aromatic rings. The summed E-state index contributed by atoms with van der Waals surface area (Å²) in [5.74, 6) is -10.4. The van der Waals surface area contributed by atoms with Crippen molar-refractivity contribution in [3.63, 3.8) is 0 Å². The number of aromatic hydroxyl groups is 1. The first-order valence-corrected chi connectivity index (χ1v) is 19.6. The van der Waals surface area contributed by atoms with Crippen molar-refractivity contribution in [2.45, 2.75) is 36.5 Å². The summed E-state index contributed by atoms with van der Waals surface area (Å²) >= 11 is 12.6. The number of carbonyl (C=O) groups is 4. The van der Waals surface area contributed by atoms with E-state index in [2.05, 4.69) is 5.43 Å². The number of fused-ring (bicyclic) bond motifs is 4. The van der Waals surface area contributed by atoms with Crippen LogP contribution in [0.3, 0.4) is 0 Å². The van der Waals surface area contributed by atoms with Crippen molar-refractivity contribution < 1.29 is 64.8 Å². The van der Waals surface area contributed by atoms with Crippen LogP contribution in [-0.4, -0.2) is 55.1 Å². The number of ether oxygens (including phenoxy) is 3. The van der Waals surface area contributed by atoms with Gasteiger partial charge in [-0.3, -0.25) is 24.6 Å². The van der Waals surface area contributed by atoms with Gasteiger partial charge in [-0.25, -0.2) is 4.90 Å². The minimum Gasteiger partial charge on any atom is -0.507 e. The van der Waals surface area contributed by atoms with Crippen LogP contribution in [0.15, 0.2) is 84.4 Å². The molecule has 2 aliphatic heterocycles. The molecule has 1 saturated carbocycles. The molecule has 0 aromatic heterocycles. The van der Waals surface area contributed by atoms with E-state index in [0.29, 0.717) is 22.8 Å². The van der Waals surface area contributed by atoms with E-state index in [1.165, 1.54) is 51.7 Å². The van der Waals surface area contributed by atoms with Gasteiger partial charge in [-0.1, -0.05) is 47.0 Å². The van der Waals surface area contributed by atoms with E-state index in [-0.39, 0.29) is 62.8 Å². The minimum atomic E-state index is -5.28. The number of alkyl halides is 6. The van der Waals surface area contributed by atoms with Gasteiger partial charge in [0.2, 0.25) is 11.8 Å². The van der Waals surface area contributed by atoms with E-state index in [9.17, 15) is 41.0 Å². The standard InChI is InChI=1S/C43H33Cl2F6N3O8/c1-60-24-7-4-19(5-8-24)41-29(38(57)54(40(41)59)52-31-11-6-22(44)15-30(31)45)18-28-26(36(41)35-32(55)16-25(61-2)17-33(35)62-3)9-10-27-34(28)39(58)53(37(27)56)23-13-20(42(46,47)48)12-21(14-23)43(49,50)51/h4-9,11-17,27-29,34,36,52,55H,10,18H2,1-3H3/t27-,28+,29-,34-,36+,41+/m0/s1. The highest BCUT2D eigenvalue weighted by Gasteiger charge is 2.71. The molecule has 4 aliphatic rings. The molecule has 0 bridgehead atoms. The Hall–Kier alpha value is -5.94. The maximum atomic E-state index is 15.6. The number of halogens is 8. The number of hydrazine groups is 1. The molecule has 324 valence electrons. The summed E-state index contributed by atoms with van der Waals surface area (Å²) in [5.41, 5.74) is -2.92. The highest BCUT2D eigenvalue weighted by Crippen LogP contribution is 2.66. The molecule has 2 heterocycles. The number of phenolic OH excluding ortho intramolecular Hbond substituents is 1.